The van der Waals surface area contributed by atoms with Crippen LogP contribution in [0.1, 0.15) is 18.6 Å². The molecule has 120 valence electrons. The summed E-state index contributed by atoms with van der Waals surface area (Å²) in [6.45, 7) is 1.93. The summed E-state index contributed by atoms with van der Waals surface area (Å²) in [5.74, 6) is 0.391. The van der Waals surface area contributed by atoms with Crippen LogP contribution >= 0.6 is 0 Å². The van der Waals surface area contributed by atoms with Crippen LogP contribution < -0.4 is 4.74 Å². The normalized spacial score (nSPS) is 11.7. The Morgan fingerprint density at radius 3 is 2.33 bits per heavy atom. The highest BCUT2D eigenvalue weighted by atomic mass is 16.6. The summed E-state index contributed by atoms with van der Waals surface area (Å²) < 4.78 is 5.96. The first-order valence-electron chi connectivity index (χ1n) is 7.42. The van der Waals surface area contributed by atoms with Gasteiger partial charge >= 0.3 is 0 Å². The Labute approximate surface area is 138 Å². The van der Waals surface area contributed by atoms with E-state index in [9.17, 15) is 10.1 Å². The van der Waals surface area contributed by atoms with Crippen molar-refractivity contribution in [2.24, 2.45) is 0 Å². The van der Waals surface area contributed by atoms with Gasteiger partial charge in [0.15, 0.2) is 0 Å². The minimum absolute atomic E-state index is 0.0303. The van der Waals surface area contributed by atoms with Gasteiger partial charge in [-0.25, -0.2) is 9.97 Å². The number of aromatic nitrogens is 2. The fourth-order valence-electron chi connectivity index (χ4n) is 2.31. The third-order valence-corrected chi connectivity index (χ3v) is 3.57. The molecule has 6 nitrogen and oxygen atoms in total. The van der Waals surface area contributed by atoms with Crippen LogP contribution in [0.15, 0.2) is 67.0 Å². The highest BCUT2D eigenvalue weighted by molar-refractivity contribution is 5.65. The molecule has 0 spiro atoms. The van der Waals surface area contributed by atoms with Gasteiger partial charge in [0, 0.05) is 30.1 Å². The number of nitro benzene ring substituents is 1. The molecule has 6 heteroatoms. The average Bonchev–Trinajstić information content (AvgIpc) is 2.63. The Bertz CT molecular complexity index is 836. The molecule has 1 atom stereocenters. The lowest BCUT2D eigenvalue weighted by molar-refractivity contribution is -0.384. The van der Waals surface area contributed by atoms with E-state index in [1.54, 1.807) is 24.5 Å². The molecule has 0 aliphatic rings. The lowest BCUT2D eigenvalue weighted by Gasteiger charge is -2.16. The lowest BCUT2D eigenvalue weighted by Crippen LogP contribution is -2.06. The molecular formula is C18H15N3O3. The molecule has 1 aromatic heterocycles. The first kappa shape index (κ1) is 15.6. The second-order valence-corrected chi connectivity index (χ2v) is 5.18. The molecule has 1 heterocycles. The Balaban J connectivity index is 1.89. The van der Waals surface area contributed by atoms with Crippen LogP contribution in [-0.2, 0) is 0 Å². The molecule has 0 aliphatic heterocycles. The van der Waals surface area contributed by atoms with Gasteiger partial charge in [0.1, 0.15) is 11.8 Å². The van der Waals surface area contributed by atoms with Gasteiger partial charge in [-0.3, -0.25) is 10.1 Å². The van der Waals surface area contributed by atoms with Crippen molar-refractivity contribution in [2.75, 3.05) is 0 Å². The smallest absolute Gasteiger partial charge is 0.269 e. The molecule has 3 aromatic rings. The molecule has 0 fully saturated rings. The number of nitrogens with zero attached hydrogens (tertiary/aromatic N) is 3. The molecule has 0 amide bonds. The van der Waals surface area contributed by atoms with E-state index >= 15 is 0 Å². The number of rotatable bonds is 5. The van der Waals surface area contributed by atoms with Gasteiger partial charge in [0.25, 0.3) is 5.69 Å². The third-order valence-electron chi connectivity index (χ3n) is 3.57. The molecule has 0 unspecified atom stereocenters. The Kier molecular flexibility index (Phi) is 4.47. The topological polar surface area (TPSA) is 78.2 Å². The third kappa shape index (κ3) is 3.38. The lowest BCUT2D eigenvalue weighted by atomic mass is 10.1. The van der Waals surface area contributed by atoms with E-state index in [0.29, 0.717) is 17.1 Å². The molecule has 0 saturated carbocycles. The van der Waals surface area contributed by atoms with Gasteiger partial charge < -0.3 is 4.74 Å². The molecule has 0 N–H and O–H groups in total. The standard InChI is InChI=1S/C18H15N3O3/c1-13(14-5-3-2-4-6-14)24-18-17(19-11-12-20-18)15-7-9-16(10-8-15)21(22)23/h2-13H,1H3/t13-/m1/s1. The van der Waals surface area contributed by atoms with Crippen molar-refractivity contribution in [3.63, 3.8) is 0 Å². The van der Waals surface area contributed by atoms with Crippen molar-refractivity contribution in [1.29, 1.82) is 0 Å². The van der Waals surface area contributed by atoms with Crippen LogP contribution in [0.3, 0.4) is 0 Å². The van der Waals surface area contributed by atoms with E-state index in [1.807, 2.05) is 37.3 Å². The highest BCUT2D eigenvalue weighted by Gasteiger charge is 2.15. The summed E-state index contributed by atoms with van der Waals surface area (Å²) in [6.07, 6.45) is 2.93. The van der Waals surface area contributed by atoms with Gasteiger partial charge in [-0.15, -0.1) is 0 Å². The van der Waals surface area contributed by atoms with Crippen molar-refractivity contribution in [1.82, 2.24) is 9.97 Å². The van der Waals surface area contributed by atoms with E-state index in [-0.39, 0.29) is 11.8 Å². The summed E-state index contributed by atoms with van der Waals surface area (Å²) in [6, 6.07) is 16.0. The Morgan fingerprint density at radius 2 is 1.67 bits per heavy atom. The van der Waals surface area contributed by atoms with Crippen LogP contribution in [0.4, 0.5) is 5.69 Å². The maximum Gasteiger partial charge on any atom is 0.269 e. The molecule has 24 heavy (non-hydrogen) atoms. The van der Waals surface area contributed by atoms with Gasteiger partial charge in [0.05, 0.1) is 4.92 Å². The predicted molar refractivity (Wildman–Crippen MR) is 89.6 cm³/mol. The van der Waals surface area contributed by atoms with Crippen molar-refractivity contribution < 1.29 is 9.66 Å². The Morgan fingerprint density at radius 1 is 1.00 bits per heavy atom. The molecule has 2 aromatic carbocycles. The first-order chi connectivity index (χ1) is 11.6. The monoisotopic (exact) mass is 321 g/mol. The van der Waals surface area contributed by atoms with Gasteiger partial charge in [-0.05, 0) is 24.6 Å². The summed E-state index contributed by atoms with van der Waals surface area (Å²) in [5.41, 5.74) is 2.32. The maximum atomic E-state index is 10.8. The van der Waals surface area contributed by atoms with Crippen LogP contribution in [0, 0.1) is 10.1 Å². The largest absolute Gasteiger partial charge is 0.468 e. The number of nitro groups is 1. The molecule has 0 radical (unpaired) electrons. The van der Waals surface area contributed by atoms with Crippen LogP contribution in [0.5, 0.6) is 5.88 Å². The quantitative estimate of drug-likeness (QED) is 0.520. The van der Waals surface area contributed by atoms with Gasteiger partial charge in [-0.1, -0.05) is 30.3 Å². The molecule has 3 rings (SSSR count). The minimum Gasteiger partial charge on any atom is -0.468 e. The highest BCUT2D eigenvalue weighted by Crippen LogP contribution is 2.30. The fraction of sp³-hybridized carbons (Fsp3) is 0.111. The average molecular weight is 321 g/mol. The van der Waals surface area contributed by atoms with E-state index < -0.39 is 4.92 Å². The molecule has 0 bridgehead atoms. The fourth-order valence-corrected chi connectivity index (χ4v) is 2.31. The van der Waals surface area contributed by atoms with Crippen molar-refractivity contribution >= 4 is 5.69 Å². The van der Waals surface area contributed by atoms with Crippen LogP contribution in [0.25, 0.3) is 11.3 Å². The van der Waals surface area contributed by atoms with Crippen molar-refractivity contribution in [2.45, 2.75) is 13.0 Å². The summed E-state index contributed by atoms with van der Waals surface area (Å²) in [7, 11) is 0. The Hall–Kier alpha value is -3.28. The van der Waals surface area contributed by atoms with E-state index in [0.717, 1.165) is 5.56 Å². The molecule has 0 saturated heterocycles. The van der Waals surface area contributed by atoms with Crippen LogP contribution in [-0.4, -0.2) is 14.9 Å². The van der Waals surface area contributed by atoms with E-state index in [4.69, 9.17) is 4.74 Å². The van der Waals surface area contributed by atoms with Crippen molar-refractivity contribution in [3.8, 4) is 17.1 Å². The number of benzene rings is 2. The van der Waals surface area contributed by atoms with Crippen LogP contribution in [0.2, 0.25) is 0 Å². The molecule has 0 aliphatic carbocycles. The SMILES string of the molecule is C[C@@H](Oc1nccnc1-c1ccc([N+](=O)[O-])cc1)c1ccccc1. The van der Waals surface area contributed by atoms with E-state index in [1.165, 1.54) is 12.1 Å². The number of ether oxygens (including phenoxy) is 1. The number of non-ortho nitro benzene ring substituents is 1. The maximum absolute atomic E-state index is 10.8. The summed E-state index contributed by atoms with van der Waals surface area (Å²) in [4.78, 5) is 18.9. The zero-order valence-corrected chi connectivity index (χ0v) is 13.0. The minimum atomic E-state index is -0.435. The van der Waals surface area contributed by atoms with Gasteiger partial charge in [0.2, 0.25) is 5.88 Å². The second kappa shape index (κ2) is 6.87. The number of hydrogen-bond donors (Lipinski definition) is 0. The summed E-state index contributed by atoms with van der Waals surface area (Å²) >= 11 is 0. The zero-order valence-electron chi connectivity index (χ0n) is 13.0. The zero-order chi connectivity index (χ0) is 16.9. The van der Waals surface area contributed by atoms with Crippen molar-refractivity contribution in [3.05, 3.63) is 82.7 Å². The number of hydrogen-bond acceptors (Lipinski definition) is 5. The van der Waals surface area contributed by atoms with Gasteiger partial charge in [-0.2, -0.15) is 0 Å². The van der Waals surface area contributed by atoms with E-state index in [2.05, 4.69) is 9.97 Å². The predicted octanol–water partition coefficient (Wildman–Crippen LogP) is 4.19. The first-order valence-corrected chi connectivity index (χ1v) is 7.42. The second-order valence-electron chi connectivity index (χ2n) is 5.18. The molecular weight excluding hydrogens is 306 g/mol. The summed E-state index contributed by atoms with van der Waals surface area (Å²) in [5, 5.41) is 10.8.